The topological polar surface area (TPSA) is 54.3 Å². The Morgan fingerprint density at radius 2 is 2.29 bits per heavy atom. The third-order valence-corrected chi connectivity index (χ3v) is 5.11. The third kappa shape index (κ3) is 2.46. The van der Waals surface area contributed by atoms with Crippen LogP contribution in [0, 0.1) is 6.92 Å². The molecule has 0 bridgehead atoms. The zero-order valence-corrected chi connectivity index (χ0v) is 14.3. The van der Waals surface area contributed by atoms with E-state index in [1.54, 1.807) is 0 Å². The summed E-state index contributed by atoms with van der Waals surface area (Å²) in [5.74, 6) is 0.0672. The van der Waals surface area contributed by atoms with Crippen molar-refractivity contribution in [3.05, 3.63) is 41.5 Å². The van der Waals surface area contributed by atoms with Gasteiger partial charge in [0.15, 0.2) is 0 Å². The second kappa shape index (κ2) is 5.92. The highest BCUT2D eigenvalue weighted by Crippen LogP contribution is 2.32. The van der Waals surface area contributed by atoms with Gasteiger partial charge in [-0.2, -0.15) is 5.10 Å². The molecule has 1 atom stereocenters. The zero-order valence-electron chi connectivity index (χ0n) is 14.3. The van der Waals surface area contributed by atoms with Crippen molar-refractivity contribution in [3.8, 4) is 0 Å². The quantitative estimate of drug-likeness (QED) is 0.850. The number of hydrogen-bond donors (Lipinski definition) is 0. The number of carbonyl (C=O) groups excluding carboxylic acids is 1. The van der Waals surface area contributed by atoms with Gasteiger partial charge >= 0.3 is 0 Å². The summed E-state index contributed by atoms with van der Waals surface area (Å²) in [5.41, 5.74) is 3.70. The molecule has 0 saturated carbocycles. The molecule has 0 aromatic carbocycles. The molecular formula is C18H23N5O. The molecule has 2 aliphatic heterocycles. The van der Waals surface area contributed by atoms with E-state index < -0.39 is 0 Å². The first kappa shape index (κ1) is 15.2. The lowest BCUT2D eigenvalue weighted by Crippen LogP contribution is -2.40. The van der Waals surface area contributed by atoms with E-state index in [0.717, 1.165) is 37.4 Å². The van der Waals surface area contributed by atoms with Gasteiger partial charge in [0.25, 0.3) is 5.91 Å². The highest BCUT2D eigenvalue weighted by molar-refractivity contribution is 5.95. The number of fused-ring (bicyclic) bond motifs is 3. The average Bonchev–Trinajstić information content (AvgIpc) is 3.17. The molecule has 4 heterocycles. The minimum Gasteiger partial charge on any atom is -0.365 e. The van der Waals surface area contributed by atoms with Crippen molar-refractivity contribution < 1.29 is 4.79 Å². The highest BCUT2D eigenvalue weighted by Gasteiger charge is 2.34. The predicted molar refractivity (Wildman–Crippen MR) is 92.0 cm³/mol. The lowest BCUT2D eigenvalue weighted by molar-refractivity contribution is 0.0735. The van der Waals surface area contributed by atoms with Gasteiger partial charge in [0, 0.05) is 38.1 Å². The van der Waals surface area contributed by atoms with Crippen LogP contribution in [0.1, 0.15) is 41.5 Å². The van der Waals surface area contributed by atoms with Crippen LogP contribution in [-0.2, 0) is 13.1 Å². The van der Waals surface area contributed by atoms with Crippen molar-refractivity contribution in [1.82, 2.24) is 19.7 Å². The Kier molecular flexibility index (Phi) is 3.75. The summed E-state index contributed by atoms with van der Waals surface area (Å²) in [4.78, 5) is 22.1. The first-order valence-electron chi connectivity index (χ1n) is 8.71. The molecule has 126 valence electrons. The molecular weight excluding hydrogens is 302 g/mol. The second-order valence-electron chi connectivity index (χ2n) is 6.63. The molecule has 6 nitrogen and oxygen atoms in total. The Hall–Kier alpha value is -2.37. The Bertz CT molecular complexity index is 769. The number of anilines is 1. The predicted octanol–water partition coefficient (Wildman–Crippen LogP) is 2.23. The van der Waals surface area contributed by atoms with Crippen LogP contribution in [0.3, 0.4) is 0 Å². The fraction of sp³-hybridized carbons (Fsp3) is 0.500. The van der Waals surface area contributed by atoms with Gasteiger partial charge in [-0.1, -0.05) is 0 Å². The van der Waals surface area contributed by atoms with Crippen molar-refractivity contribution in [3.63, 3.8) is 0 Å². The highest BCUT2D eigenvalue weighted by atomic mass is 16.2. The number of aromatic nitrogens is 3. The standard InChI is InChI=1S/C18H23N5O/c1-3-22-11-15(13(2)20-22)18(24)21-10-14-6-5-9-23(14)17-7-4-8-19-16(17)12-21/h4,7-8,11,14H,3,5-6,9-10,12H2,1-2H3/t14-/m0/s1. The molecule has 0 N–H and O–H groups in total. The second-order valence-corrected chi connectivity index (χ2v) is 6.63. The monoisotopic (exact) mass is 325 g/mol. The summed E-state index contributed by atoms with van der Waals surface area (Å²) >= 11 is 0. The van der Waals surface area contributed by atoms with E-state index in [-0.39, 0.29) is 5.91 Å². The molecule has 0 spiro atoms. The van der Waals surface area contributed by atoms with Gasteiger partial charge in [-0.3, -0.25) is 14.5 Å². The first-order valence-corrected chi connectivity index (χ1v) is 8.71. The van der Waals surface area contributed by atoms with Gasteiger partial charge in [-0.15, -0.1) is 0 Å². The molecule has 2 aliphatic rings. The Balaban J connectivity index is 1.68. The third-order valence-electron chi connectivity index (χ3n) is 5.11. The van der Waals surface area contributed by atoms with Gasteiger partial charge in [-0.25, -0.2) is 0 Å². The van der Waals surface area contributed by atoms with Crippen LogP contribution in [0.15, 0.2) is 24.5 Å². The normalized spacial score (nSPS) is 19.8. The van der Waals surface area contributed by atoms with Crippen LogP contribution in [0.25, 0.3) is 0 Å². The Morgan fingerprint density at radius 1 is 1.42 bits per heavy atom. The van der Waals surface area contributed by atoms with Crippen molar-refractivity contribution in [2.75, 3.05) is 18.0 Å². The number of hydrogen-bond acceptors (Lipinski definition) is 4. The van der Waals surface area contributed by atoms with Gasteiger partial charge in [0.2, 0.25) is 0 Å². The van der Waals surface area contributed by atoms with Crippen molar-refractivity contribution in [2.24, 2.45) is 0 Å². The molecule has 6 heteroatoms. The van der Waals surface area contributed by atoms with E-state index in [1.165, 1.54) is 12.1 Å². The number of pyridine rings is 1. The number of amides is 1. The fourth-order valence-electron chi connectivity index (χ4n) is 3.87. The van der Waals surface area contributed by atoms with Gasteiger partial charge < -0.3 is 9.80 Å². The van der Waals surface area contributed by atoms with E-state index in [0.29, 0.717) is 18.2 Å². The molecule has 0 aliphatic carbocycles. The zero-order chi connectivity index (χ0) is 16.7. The number of aryl methyl sites for hydroxylation is 2. The maximum Gasteiger partial charge on any atom is 0.257 e. The summed E-state index contributed by atoms with van der Waals surface area (Å²) in [6.45, 7) is 7.09. The van der Waals surface area contributed by atoms with Crippen LogP contribution >= 0.6 is 0 Å². The number of nitrogens with zero attached hydrogens (tertiary/aromatic N) is 5. The fourth-order valence-corrected chi connectivity index (χ4v) is 3.87. The van der Waals surface area contributed by atoms with E-state index in [1.807, 2.05) is 41.9 Å². The van der Waals surface area contributed by atoms with E-state index in [9.17, 15) is 4.79 Å². The van der Waals surface area contributed by atoms with Gasteiger partial charge in [0.1, 0.15) is 0 Å². The molecule has 4 rings (SSSR count). The molecule has 2 aromatic heterocycles. The lowest BCUT2D eigenvalue weighted by atomic mass is 10.2. The Morgan fingerprint density at radius 3 is 3.08 bits per heavy atom. The van der Waals surface area contributed by atoms with Crippen molar-refractivity contribution in [2.45, 2.75) is 45.8 Å². The van der Waals surface area contributed by atoms with E-state index in [4.69, 9.17) is 0 Å². The SMILES string of the molecule is CCn1cc(C(=O)N2Cc3ncccc3N3CCC[C@H]3C2)c(C)n1. The summed E-state index contributed by atoms with van der Waals surface area (Å²) in [6, 6.07) is 4.51. The molecule has 1 saturated heterocycles. The summed E-state index contributed by atoms with van der Waals surface area (Å²) in [7, 11) is 0. The maximum atomic E-state index is 13.1. The van der Waals surface area contributed by atoms with Crippen LogP contribution in [0.4, 0.5) is 5.69 Å². The molecule has 0 unspecified atom stereocenters. The van der Waals surface area contributed by atoms with Crippen LogP contribution < -0.4 is 4.90 Å². The summed E-state index contributed by atoms with van der Waals surface area (Å²) < 4.78 is 1.83. The number of rotatable bonds is 2. The van der Waals surface area contributed by atoms with Crippen molar-refractivity contribution >= 4 is 11.6 Å². The van der Waals surface area contributed by atoms with Crippen LogP contribution in [0.5, 0.6) is 0 Å². The van der Waals surface area contributed by atoms with Gasteiger partial charge in [0.05, 0.1) is 29.2 Å². The molecule has 2 aromatic rings. The van der Waals surface area contributed by atoms with Crippen molar-refractivity contribution in [1.29, 1.82) is 0 Å². The van der Waals surface area contributed by atoms with E-state index in [2.05, 4.69) is 21.0 Å². The van der Waals surface area contributed by atoms with Crippen LogP contribution in [0.2, 0.25) is 0 Å². The summed E-state index contributed by atoms with van der Waals surface area (Å²) in [6.07, 6.45) is 5.99. The number of carbonyl (C=O) groups is 1. The summed E-state index contributed by atoms with van der Waals surface area (Å²) in [5, 5.41) is 4.42. The van der Waals surface area contributed by atoms with Gasteiger partial charge in [-0.05, 0) is 38.8 Å². The Labute approximate surface area is 142 Å². The van der Waals surface area contributed by atoms with E-state index >= 15 is 0 Å². The molecule has 24 heavy (non-hydrogen) atoms. The molecule has 1 fully saturated rings. The molecule has 0 radical (unpaired) electrons. The molecule has 1 amide bonds. The minimum atomic E-state index is 0.0672. The van der Waals surface area contributed by atoms with Crippen LogP contribution in [-0.4, -0.2) is 44.7 Å². The maximum absolute atomic E-state index is 13.1. The largest absolute Gasteiger partial charge is 0.365 e. The smallest absolute Gasteiger partial charge is 0.257 e. The average molecular weight is 325 g/mol. The first-order chi connectivity index (χ1) is 11.7. The lowest BCUT2D eigenvalue weighted by Gasteiger charge is -2.27. The minimum absolute atomic E-state index is 0.0672.